The molecule has 0 radical (unpaired) electrons. The highest BCUT2D eigenvalue weighted by molar-refractivity contribution is 5.60. The fourth-order valence-corrected chi connectivity index (χ4v) is 12.0. The molecule has 0 atom stereocenters. The molecule has 3 aromatic rings. The van der Waals surface area contributed by atoms with E-state index in [2.05, 4.69) is 86.7 Å². The first-order chi connectivity index (χ1) is 31.7. The molecule has 0 aliphatic carbocycles. The highest BCUT2D eigenvalue weighted by Gasteiger charge is 2.37. The third-order valence-electron chi connectivity index (χ3n) is 16.1. The molecule has 5 aliphatic heterocycles. The van der Waals surface area contributed by atoms with Crippen molar-refractivity contribution in [3.8, 4) is 17.2 Å². The van der Waals surface area contributed by atoms with E-state index in [9.17, 15) is 15.3 Å². The van der Waals surface area contributed by atoms with Gasteiger partial charge in [-0.2, -0.15) is 0 Å². The van der Waals surface area contributed by atoms with E-state index in [-0.39, 0.29) is 0 Å². The maximum Gasteiger partial charge on any atom is 0.124 e. The van der Waals surface area contributed by atoms with Crippen LogP contribution < -0.4 is 0 Å². The number of piperidine rings is 5. The molecule has 5 fully saturated rings. The van der Waals surface area contributed by atoms with Gasteiger partial charge in [-0.1, -0.05) is 45.4 Å². The normalized spacial score (nSPS) is 20.5. The summed E-state index contributed by atoms with van der Waals surface area (Å²) in [6, 6.07) is 14.1. The summed E-state index contributed by atoms with van der Waals surface area (Å²) in [6.45, 7) is 20.6. The lowest BCUT2D eigenvalue weighted by Gasteiger charge is -2.37. The van der Waals surface area contributed by atoms with Crippen molar-refractivity contribution in [3.63, 3.8) is 0 Å². The van der Waals surface area contributed by atoms with Crippen molar-refractivity contribution in [1.29, 1.82) is 0 Å². The molecule has 0 spiro atoms. The Balaban J connectivity index is 1.35. The van der Waals surface area contributed by atoms with Crippen molar-refractivity contribution in [1.82, 2.24) is 29.4 Å². The van der Waals surface area contributed by atoms with Crippen molar-refractivity contribution >= 4 is 0 Å². The molecule has 9 nitrogen and oxygen atoms in total. The van der Waals surface area contributed by atoms with E-state index < -0.39 is 5.41 Å². The smallest absolute Gasteiger partial charge is 0.124 e. The number of nitrogens with zero attached hydrogens (tertiary/aromatic N) is 6. The number of benzene rings is 3. The van der Waals surface area contributed by atoms with Gasteiger partial charge >= 0.3 is 0 Å². The predicted molar refractivity (Wildman–Crippen MR) is 267 cm³/mol. The molecule has 8 rings (SSSR count). The van der Waals surface area contributed by atoms with Crippen LogP contribution in [0.2, 0.25) is 0 Å². The Hall–Kier alpha value is -3.18. The van der Waals surface area contributed by atoms with E-state index in [4.69, 9.17) is 0 Å². The van der Waals surface area contributed by atoms with Crippen LogP contribution in [0.1, 0.15) is 173 Å². The summed E-state index contributed by atoms with van der Waals surface area (Å²) in [6.07, 6.45) is 20.7. The lowest BCUT2D eigenvalue weighted by molar-refractivity contribution is 0.212. The molecule has 0 amide bonds. The molecule has 0 bridgehead atoms. The Morgan fingerprint density at radius 1 is 0.415 bits per heavy atom. The average molecular weight is 891 g/mol. The molecule has 0 aromatic heterocycles. The first-order valence-electron chi connectivity index (χ1n) is 26.5. The number of unbranched alkanes of at least 4 members (excludes halogenated alkanes) is 1. The van der Waals surface area contributed by atoms with Crippen LogP contribution in [0.25, 0.3) is 0 Å². The Bertz CT molecular complexity index is 1800. The maximum absolute atomic E-state index is 12.4. The number of hydrogen-bond acceptors (Lipinski definition) is 9. The van der Waals surface area contributed by atoms with Crippen LogP contribution in [0.15, 0.2) is 36.4 Å². The molecule has 65 heavy (non-hydrogen) atoms. The summed E-state index contributed by atoms with van der Waals surface area (Å²) < 4.78 is 0. The number of phenols is 3. The van der Waals surface area contributed by atoms with Crippen molar-refractivity contribution in [2.45, 2.75) is 168 Å². The molecular formula is C56H86N6O3. The SMILES string of the molecule is CCCCN(C)Cc1cc(C(C)(c2cc(CN3CCCCC3)c(O)c(CN3CCCCC3)c2)c2cc(CN3CCCCC3)c(O)c(CN3CCCCC3)c2)cc(CN2CCCCC2)c1O. The zero-order valence-electron chi connectivity index (χ0n) is 41.0. The Morgan fingerprint density at radius 3 is 0.923 bits per heavy atom. The van der Waals surface area contributed by atoms with E-state index in [1.54, 1.807) is 0 Å². The van der Waals surface area contributed by atoms with Gasteiger partial charge in [0.2, 0.25) is 0 Å². The number of likely N-dealkylation sites (tertiary alicyclic amines) is 5. The average Bonchev–Trinajstić information content (AvgIpc) is 3.33. The fourth-order valence-electron chi connectivity index (χ4n) is 12.0. The third kappa shape index (κ3) is 12.3. The fraction of sp³-hybridized carbons (Fsp3) is 0.679. The number of phenolic OH excluding ortho intramolecular Hbond substituents is 3. The summed E-state index contributed by atoms with van der Waals surface area (Å²) in [4.78, 5) is 15.2. The zero-order chi connectivity index (χ0) is 45.2. The van der Waals surface area contributed by atoms with Gasteiger partial charge in [-0.25, -0.2) is 0 Å². The van der Waals surface area contributed by atoms with Crippen molar-refractivity contribution < 1.29 is 15.3 Å². The zero-order valence-corrected chi connectivity index (χ0v) is 41.0. The summed E-state index contributed by atoms with van der Waals surface area (Å²) >= 11 is 0. The van der Waals surface area contributed by atoms with E-state index >= 15 is 0 Å². The first-order valence-corrected chi connectivity index (χ1v) is 26.5. The van der Waals surface area contributed by atoms with Gasteiger partial charge in [0, 0.05) is 78.1 Å². The molecule has 3 N–H and O–H groups in total. The van der Waals surface area contributed by atoms with Gasteiger partial charge in [0.1, 0.15) is 17.2 Å². The van der Waals surface area contributed by atoms with Crippen LogP contribution in [0.3, 0.4) is 0 Å². The van der Waals surface area contributed by atoms with Gasteiger partial charge in [-0.15, -0.1) is 0 Å². The highest BCUT2D eigenvalue weighted by atomic mass is 16.3. The minimum absolute atomic E-state index is 0.439. The summed E-state index contributed by atoms with van der Waals surface area (Å²) in [7, 11) is 2.20. The molecule has 9 heteroatoms. The van der Waals surface area contributed by atoms with Crippen LogP contribution in [-0.2, 0) is 44.7 Å². The highest BCUT2D eigenvalue weighted by Crippen LogP contribution is 2.46. The van der Waals surface area contributed by atoms with Crippen molar-refractivity contribution in [2.24, 2.45) is 0 Å². The minimum atomic E-state index is -0.677. The van der Waals surface area contributed by atoms with Crippen LogP contribution in [0, 0.1) is 0 Å². The van der Waals surface area contributed by atoms with E-state index in [1.807, 2.05) is 0 Å². The predicted octanol–water partition coefficient (Wildman–Crippen LogP) is 10.3. The topological polar surface area (TPSA) is 80.1 Å². The number of hydrogen-bond donors (Lipinski definition) is 3. The van der Waals surface area contributed by atoms with Gasteiger partial charge in [0.15, 0.2) is 0 Å². The van der Waals surface area contributed by atoms with E-state index in [0.29, 0.717) is 23.8 Å². The van der Waals surface area contributed by atoms with Crippen LogP contribution in [-0.4, -0.2) is 124 Å². The quantitative estimate of drug-likeness (QED) is 0.108. The largest absolute Gasteiger partial charge is 0.507 e. The van der Waals surface area contributed by atoms with Crippen LogP contribution in [0.4, 0.5) is 0 Å². The summed E-state index contributed by atoms with van der Waals surface area (Å²) in [5, 5.41) is 37.2. The molecule has 0 unspecified atom stereocenters. The second-order valence-corrected chi connectivity index (χ2v) is 21.3. The van der Waals surface area contributed by atoms with Gasteiger partial charge in [0.25, 0.3) is 0 Å². The van der Waals surface area contributed by atoms with Crippen molar-refractivity contribution in [3.05, 3.63) is 86.5 Å². The lowest BCUT2D eigenvalue weighted by Crippen LogP contribution is -2.33. The van der Waals surface area contributed by atoms with E-state index in [0.717, 1.165) is 151 Å². The molecule has 5 saturated heterocycles. The molecule has 358 valence electrons. The summed E-state index contributed by atoms with van der Waals surface area (Å²) in [5.41, 5.74) is 8.97. The van der Waals surface area contributed by atoms with Gasteiger partial charge in [-0.3, -0.25) is 24.5 Å². The van der Waals surface area contributed by atoms with E-state index in [1.165, 1.54) is 113 Å². The van der Waals surface area contributed by atoms with Crippen LogP contribution >= 0.6 is 0 Å². The second-order valence-electron chi connectivity index (χ2n) is 21.3. The molecular weight excluding hydrogens is 805 g/mol. The Labute approximate surface area is 393 Å². The number of rotatable bonds is 18. The van der Waals surface area contributed by atoms with Crippen LogP contribution in [0.5, 0.6) is 17.2 Å². The standard InChI is InChI=1S/C56H86N6O3/c1-4-5-21-57(3)38-44-32-50(33-45(53(44)63)39-58-22-11-6-12-23-58)56(2,51-34-46(40-59-24-13-7-14-25-59)54(64)47(35-51)41-60-26-15-8-16-27-60)52-36-48(42-61-28-17-9-18-29-61)55(65)49(37-52)43-62-30-19-10-20-31-62/h32-37,63-65H,4-31,38-43H2,1-3H3. The van der Waals surface area contributed by atoms with Crippen molar-refractivity contribution in [2.75, 3.05) is 79.0 Å². The minimum Gasteiger partial charge on any atom is -0.507 e. The van der Waals surface area contributed by atoms with Gasteiger partial charge in [0.05, 0.1) is 0 Å². The molecule has 5 aliphatic rings. The second kappa shape index (κ2) is 23.2. The molecule has 0 saturated carbocycles. The summed E-state index contributed by atoms with van der Waals surface area (Å²) in [5.74, 6) is 1.36. The van der Waals surface area contributed by atoms with Gasteiger partial charge < -0.3 is 20.2 Å². The Kier molecular flexibility index (Phi) is 17.2. The first kappa shape index (κ1) is 48.3. The molecule has 3 aromatic carbocycles. The number of aromatic hydroxyl groups is 3. The maximum atomic E-state index is 12.4. The molecule has 5 heterocycles. The van der Waals surface area contributed by atoms with Gasteiger partial charge in [-0.05, 0) is 210 Å². The Morgan fingerprint density at radius 2 is 0.662 bits per heavy atom. The third-order valence-corrected chi connectivity index (χ3v) is 16.1. The monoisotopic (exact) mass is 891 g/mol. The lowest BCUT2D eigenvalue weighted by atomic mass is 9.68.